The van der Waals surface area contributed by atoms with E-state index < -0.39 is 0 Å². The van der Waals surface area contributed by atoms with Crippen LogP contribution in [-0.2, 0) is 0 Å². The molecule has 11 aromatic rings. The molecule has 0 N–H and O–H groups in total. The van der Waals surface area contributed by atoms with Gasteiger partial charge in [-0.05, 0) is 103 Å². The van der Waals surface area contributed by atoms with Crippen molar-refractivity contribution in [2.24, 2.45) is 0 Å². The number of hydrogen-bond donors (Lipinski definition) is 0. The van der Waals surface area contributed by atoms with Crippen molar-refractivity contribution in [2.75, 3.05) is 0 Å². The van der Waals surface area contributed by atoms with Gasteiger partial charge in [-0.3, -0.25) is 9.13 Å². The van der Waals surface area contributed by atoms with Crippen LogP contribution in [0.2, 0.25) is 0 Å². The average molecular weight is 717 g/mol. The summed E-state index contributed by atoms with van der Waals surface area (Å²) in [5.74, 6) is 0. The zero-order valence-electron chi connectivity index (χ0n) is 29.8. The second-order valence-corrected chi connectivity index (χ2v) is 15.6. The molecule has 2 nitrogen and oxygen atoms in total. The van der Waals surface area contributed by atoms with Crippen LogP contribution in [0.3, 0.4) is 0 Å². The normalized spacial score (nSPS) is 12.3. The molecule has 0 saturated heterocycles. The van der Waals surface area contributed by atoms with Crippen molar-refractivity contribution in [3.8, 4) is 44.8 Å². The zero-order valence-corrected chi connectivity index (χ0v) is 30.6. The Kier molecular flexibility index (Phi) is 6.60. The van der Waals surface area contributed by atoms with Crippen molar-refractivity contribution < 1.29 is 0 Å². The molecule has 0 amide bonds. The Labute approximate surface area is 322 Å². The third-order valence-corrected chi connectivity index (χ3v) is 12.6. The minimum absolute atomic E-state index is 1.15. The number of fused-ring (bicyclic) bond motifs is 9. The van der Waals surface area contributed by atoms with Crippen molar-refractivity contribution in [1.82, 2.24) is 9.13 Å². The van der Waals surface area contributed by atoms with Crippen LogP contribution in [0.15, 0.2) is 204 Å². The number of benzene rings is 9. The molecule has 1 aliphatic rings. The molecule has 0 saturated carbocycles. The SMILES string of the molecule is c1ccc(-c2cccc(-c3ccc4c(c3)-n3c5c(cccc5c5c6c(-c7ccc8ccccc8c7)cccc6n(-c6ccc7ccccc7c6)c53)S4)c2)cc1. The van der Waals surface area contributed by atoms with Crippen molar-refractivity contribution in [3.05, 3.63) is 194 Å². The largest absolute Gasteiger partial charge is 0.295 e. The maximum Gasteiger partial charge on any atom is 0.131 e. The number of para-hydroxylation sites is 1. The minimum atomic E-state index is 1.15. The molecular formula is C52H32N2S. The molecule has 1 aliphatic heterocycles. The van der Waals surface area contributed by atoms with Crippen molar-refractivity contribution in [1.29, 1.82) is 0 Å². The van der Waals surface area contributed by atoms with Crippen LogP contribution in [0.5, 0.6) is 0 Å². The zero-order chi connectivity index (χ0) is 36.0. The Morgan fingerprint density at radius 2 is 1.02 bits per heavy atom. The smallest absolute Gasteiger partial charge is 0.131 e. The summed E-state index contributed by atoms with van der Waals surface area (Å²) in [7, 11) is 0. The Morgan fingerprint density at radius 3 is 1.85 bits per heavy atom. The van der Waals surface area contributed by atoms with Gasteiger partial charge < -0.3 is 0 Å². The summed E-state index contributed by atoms with van der Waals surface area (Å²) in [5, 5.41) is 8.81. The molecule has 3 heteroatoms. The maximum atomic E-state index is 2.57. The summed E-state index contributed by atoms with van der Waals surface area (Å²) >= 11 is 1.88. The van der Waals surface area contributed by atoms with E-state index >= 15 is 0 Å². The van der Waals surface area contributed by atoms with Crippen LogP contribution < -0.4 is 0 Å². The van der Waals surface area contributed by atoms with Crippen LogP contribution in [-0.4, -0.2) is 9.13 Å². The van der Waals surface area contributed by atoms with Gasteiger partial charge in [0, 0.05) is 31.6 Å². The van der Waals surface area contributed by atoms with E-state index in [-0.39, 0.29) is 0 Å². The van der Waals surface area contributed by atoms with E-state index in [4.69, 9.17) is 0 Å². The Bertz CT molecular complexity index is 3350. The summed E-state index contributed by atoms with van der Waals surface area (Å²) in [6.45, 7) is 0. The second kappa shape index (κ2) is 11.8. The third kappa shape index (κ3) is 4.64. The van der Waals surface area contributed by atoms with Gasteiger partial charge in [-0.1, -0.05) is 157 Å². The average Bonchev–Trinajstić information content (AvgIpc) is 3.77. The molecule has 0 spiro atoms. The van der Waals surface area contributed by atoms with Crippen molar-refractivity contribution in [2.45, 2.75) is 9.79 Å². The van der Waals surface area contributed by atoms with Crippen molar-refractivity contribution >= 4 is 66.1 Å². The van der Waals surface area contributed by atoms with E-state index in [1.54, 1.807) is 0 Å². The molecule has 256 valence electrons. The summed E-state index contributed by atoms with van der Waals surface area (Å²) in [6.07, 6.45) is 0. The topological polar surface area (TPSA) is 9.86 Å². The van der Waals surface area contributed by atoms with E-state index in [1.165, 1.54) is 103 Å². The highest BCUT2D eigenvalue weighted by molar-refractivity contribution is 7.99. The summed E-state index contributed by atoms with van der Waals surface area (Å²) in [4.78, 5) is 2.53. The third-order valence-electron chi connectivity index (χ3n) is 11.4. The van der Waals surface area contributed by atoms with E-state index in [0.29, 0.717) is 0 Å². The van der Waals surface area contributed by atoms with E-state index in [0.717, 1.165) is 5.69 Å². The molecule has 12 rings (SSSR count). The molecular weight excluding hydrogens is 685 g/mol. The lowest BCUT2D eigenvalue weighted by Crippen LogP contribution is -2.06. The Hall–Kier alpha value is -6.81. The summed E-state index contributed by atoms with van der Waals surface area (Å²) < 4.78 is 5.09. The van der Waals surface area contributed by atoms with Crippen molar-refractivity contribution in [3.63, 3.8) is 0 Å². The molecule has 0 radical (unpaired) electrons. The fourth-order valence-corrected chi connectivity index (χ4v) is 10.0. The molecule has 0 aliphatic carbocycles. The fourth-order valence-electron chi connectivity index (χ4n) is 8.93. The monoisotopic (exact) mass is 716 g/mol. The molecule has 2 aromatic heterocycles. The maximum absolute atomic E-state index is 2.57. The van der Waals surface area contributed by atoms with Crippen LogP contribution in [0.25, 0.3) is 99.1 Å². The van der Waals surface area contributed by atoms with Crippen LogP contribution in [0, 0.1) is 0 Å². The van der Waals surface area contributed by atoms with Gasteiger partial charge in [0.2, 0.25) is 0 Å². The lowest BCUT2D eigenvalue weighted by atomic mass is 9.97. The molecule has 9 aromatic carbocycles. The van der Waals surface area contributed by atoms with Crippen LogP contribution >= 0.6 is 11.8 Å². The van der Waals surface area contributed by atoms with Gasteiger partial charge >= 0.3 is 0 Å². The predicted octanol–water partition coefficient (Wildman–Crippen LogP) is 14.5. The van der Waals surface area contributed by atoms with Gasteiger partial charge in [0.1, 0.15) is 5.65 Å². The van der Waals surface area contributed by atoms with E-state index in [9.17, 15) is 0 Å². The first-order chi connectivity index (χ1) is 27.3. The first kappa shape index (κ1) is 30.6. The van der Waals surface area contributed by atoms with Gasteiger partial charge in [-0.25, -0.2) is 0 Å². The quantitative estimate of drug-likeness (QED) is 0.176. The minimum Gasteiger partial charge on any atom is -0.295 e. The lowest BCUT2D eigenvalue weighted by Gasteiger charge is -2.22. The summed E-state index contributed by atoms with van der Waals surface area (Å²) in [5.41, 5.74) is 13.4. The standard InChI is InChI=1S/C52H32N2S/c1-2-11-33(12-3-1)37-17-8-18-38(29-37)40-26-28-47-46(32-40)54-51-44(20-10-22-48(51)55-47)50-49-43(41-24-23-34-13-4-6-15-36(34)30-41)19-9-21-45(49)53(52(50)54)42-27-25-35-14-5-7-16-39(35)31-42/h1-32H. The first-order valence-corrected chi connectivity index (χ1v) is 19.7. The number of rotatable bonds is 4. The molecule has 0 atom stereocenters. The van der Waals surface area contributed by atoms with E-state index in [2.05, 4.69) is 203 Å². The van der Waals surface area contributed by atoms with Crippen LogP contribution in [0.4, 0.5) is 0 Å². The van der Waals surface area contributed by atoms with Crippen LogP contribution in [0.1, 0.15) is 0 Å². The highest BCUT2D eigenvalue weighted by atomic mass is 32.2. The highest BCUT2D eigenvalue weighted by Gasteiger charge is 2.29. The van der Waals surface area contributed by atoms with Gasteiger partial charge in [-0.15, -0.1) is 0 Å². The fraction of sp³-hybridized carbons (Fsp3) is 0. The molecule has 0 fully saturated rings. The molecule has 55 heavy (non-hydrogen) atoms. The number of hydrogen-bond acceptors (Lipinski definition) is 1. The molecule has 0 unspecified atom stereocenters. The lowest BCUT2D eigenvalue weighted by molar-refractivity contribution is 1.03. The first-order valence-electron chi connectivity index (χ1n) is 18.8. The molecule has 3 heterocycles. The van der Waals surface area contributed by atoms with Gasteiger partial charge in [-0.2, -0.15) is 0 Å². The van der Waals surface area contributed by atoms with Gasteiger partial charge in [0.05, 0.1) is 16.7 Å². The Morgan fingerprint density at radius 1 is 0.364 bits per heavy atom. The summed E-state index contributed by atoms with van der Waals surface area (Å²) in [6, 6.07) is 71.5. The van der Waals surface area contributed by atoms with E-state index in [1.807, 2.05) is 11.8 Å². The number of nitrogens with zero attached hydrogens (tertiary/aromatic N) is 2. The Balaban J connectivity index is 1.19. The van der Waals surface area contributed by atoms with Gasteiger partial charge in [0.25, 0.3) is 0 Å². The highest BCUT2D eigenvalue weighted by Crippen LogP contribution is 2.51. The number of aromatic nitrogens is 2. The predicted molar refractivity (Wildman–Crippen MR) is 233 cm³/mol. The molecule has 0 bridgehead atoms. The second-order valence-electron chi connectivity index (χ2n) is 14.5. The van der Waals surface area contributed by atoms with Gasteiger partial charge in [0.15, 0.2) is 0 Å².